The van der Waals surface area contributed by atoms with Crippen LogP contribution in [0, 0.1) is 11.8 Å². The van der Waals surface area contributed by atoms with E-state index in [1.54, 1.807) is 0 Å². The van der Waals surface area contributed by atoms with E-state index in [1.807, 2.05) is 30.3 Å². The number of rotatable bonds is 14. The van der Waals surface area contributed by atoms with Crippen molar-refractivity contribution in [2.45, 2.75) is 95.1 Å². The number of aliphatic hydroxyl groups excluding tert-OH is 1. The number of ether oxygens (including phenoxy) is 6. The molecular weight excluding hydrogens is 560 g/mol. The van der Waals surface area contributed by atoms with Crippen molar-refractivity contribution >= 4 is 17.6 Å². The van der Waals surface area contributed by atoms with Gasteiger partial charge in [0, 0.05) is 24.3 Å². The average molecular weight is 605 g/mol. The van der Waals surface area contributed by atoms with Crippen molar-refractivity contribution in [1.82, 2.24) is 0 Å². The summed E-state index contributed by atoms with van der Waals surface area (Å²) in [5.41, 5.74) is 3.12. The number of hydrogen-bond acceptors (Lipinski definition) is 8. The topological polar surface area (TPSA) is 92.7 Å². The van der Waals surface area contributed by atoms with E-state index in [0.29, 0.717) is 50.0 Å². The Kier molecular flexibility index (Phi) is 13.4. The van der Waals surface area contributed by atoms with Gasteiger partial charge in [0.1, 0.15) is 5.75 Å². The quantitative estimate of drug-likeness (QED) is 0.0846. The molecule has 9 heteroatoms. The van der Waals surface area contributed by atoms with Crippen LogP contribution < -0.4 is 4.74 Å². The standard InChI is InChI=1S/C33H45ClO8/c1-37-32(36)33(41-30-13-5-9-23-39-30,42-31-14-6-10-24-40-31)21-7-2-3-12-28-25(15-20-29(28)35)11-4-8-22-38-27-18-16-26(34)17-19-27/h2,4,11,16-19,21,25,28-31,35H,3,5-6,8-10,12-15,20,22-24H2,1H3/b11-4+/t7?,25-,28+,29-,30?,31?,33?/m0/s1. The zero-order valence-electron chi connectivity index (χ0n) is 24.6. The molecule has 8 nitrogen and oxygen atoms in total. The minimum Gasteiger partial charge on any atom is -0.493 e. The Morgan fingerprint density at radius 1 is 1.02 bits per heavy atom. The van der Waals surface area contributed by atoms with Gasteiger partial charge in [0.2, 0.25) is 0 Å². The largest absolute Gasteiger partial charge is 0.493 e. The third-order valence-corrected chi connectivity index (χ3v) is 8.24. The van der Waals surface area contributed by atoms with Gasteiger partial charge in [-0.1, -0.05) is 23.8 Å². The van der Waals surface area contributed by atoms with Crippen LogP contribution in [0.2, 0.25) is 5.02 Å². The van der Waals surface area contributed by atoms with Crippen molar-refractivity contribution in [3.63, 3.8) is 0 Å². The number of aliphatic hydroxyl groups is 1. The fourth-order valence-electron chi connectivity index (χ4n) is 5.69. The van der Waals surface area contributed by atoms with Gasteiger partial charge in [0.25, 0.3) is 0 Å². The van der Waals surface area contributed by atoms with E-state index >= 15 is 0 Å². The molecule has 1 aromatic rings. The molecule has 1 N–H and O–H groups in total. The van der Waals surface area contributed by atoms with Crippen LogP contribution in [0.15, 0.2) is 54.3 Å². The molecule has 0 spiro atoms. The highest BCUT2D eigenvalue weighted by Gasteiger charge is 2.46. The van der Waals surface area contributed by atoms with Gasteiger partial charge >= 0.3 is 11.8 Å². The molecule has 1 saturated carbocycles. The minimum absolute atomic E-state index is 0.153. The van der Waals surface area contributed by atoms with Crippen LogP contribution in [0.1, 0.15) is 70.6 Å². The lowest BCUT2D eigenvalue weighted by Gasteiger charge is -2.36. The van der Waals surface area contributed by atoms with Crippen molar-refractivity contribution in [2.75, 3.05) is 26.9 Å². The van der Waals surface area contributed by atoms with Crippen LogP contribution in [0.5, 0.6) is 5.75 Å². The summed E-state index contributed by atoms with van der Waals surface area (Å²) >= 11 is 5.92. The molecule has 42 heavy (non-hydrogen) atoms. The SMILES string of the molecule is COC(=O)C(C=C=CCC[C@H]1[C@@H](O)CC[C@@H]1/C=C/CCOc1ccc(Cl)cc1)(OC1CCCCO1)OC1CCCCO1. The zero-order valence-corrected chi connectivity index (χ0v) is 25.3. The van der Waals surface area contributed by atoms with Gasteiger partial charge in [-0.05, 0) is 113 Å². The van der Waals surface area contributed by atoms with Crippen LogP contribution in [-0.2, 0) is 28.5 Å². The molecule has 1 aliphatic carbocycles. The fraction of sp³-hybridized carbons (Fsp3) is 0.636. The summed E-state index contributed by atoms with van der Waals surface area (Å²) < 4.78 is 34.7. The summed E-state index contributed by atoms with van der Waals surface area (Å²) in [4.78, 5) is 13.1. The number of esters is 1. The van der Waals surface area contributed by atoms with E-state index in [1.165, 1.54) is 13.2 Å². The van der Waals surface area contributed by atoms with E-state index < -0.39 is 24.3 Å². The highest BCUT2D eigenvalue weighted by atomic mass is 35.5. The first-order valence-corrected chi connectivity index (χ1v) is 15.7. The van der Waals surface area contributed by atoms with Gasteiger partial charge in [-0.25, -0.2) is 4.79 Å². The number of methoxy groups -OCH3 is 1. The van der Waals surface area contributed by atoms with Gasteiger partial charge in [0.05, 0.1) is 19.8 Å². The van der Waals surface area contributed by atoms with Crippen molar-refractivity contribution in [1.29, 1.82) is 0 Å². The molecule has 2 saturated heterocycles. The molecule has 1 aromatic carbocycles. The normalized spacial score (nSPS) is 27.6. The molecule has 0 radical (unpaired) electrons. The Hall–Kier alpha value is -2.16. The molecule has 2 aliphatic heterocycles. The van der Waals surface area contributed by atoms with E-state index in [2.05, 4.69) is 17.9 Å². The Labute approximate surface area is 254 Å². The lowest BCUT2D eigenvalue weighted by atomic mass is 9.90. The number of benzene rings is 1. The molecule has 5 atom stereocenters. The zero-order chi connectivity index (χ0) is 29.6. The van der Waals surface area contributed by atoms with E-state index in [4.69, 9.17) is 40.0 Å². The van der Waals surface area contributed by atoms with Gasteiger partial charge in [-0.2, -0.15) is 0 Å². The second-order valence-corrected chi connectivity index (χ2v) is 11.5. The van der Waals surface area contributed by atoms with Crippen molar-refractivity contribution in [3.05, 3.63) is 59.3 Å². The van der Waals surface area contributed by atoms with E-state index in [9.17, 15) is 9.90 Å². The van der Waals surface area contributed by atoms with Gasteiger partial charge in [-0.15, -0.1) is 5.73 Å². The number of allylic oxidation sites excluding steroid dienone is 1. The molecule has 2 unspecified atom stereocenters. The minimum atomic E-state index is -1.82. The lowest BCUT2D eigenvalue weighted by molar-refractivity contribution is -0.333. The molecular formula is C33H45ClO8. The van der Waals surface area contributed by atoms with Crippen LogP contribution in [-0.4, -0.2) is 62.5 Å². The summed E-state index contributed by atoms with van der Waals surface area (Å²) in [6.45, 7) is 1.71. The third-order valence-electron chi connectivity index (χ3n) is 7.98. The Morgan fingerprint density at radius 2 is 1.71 bits per heavy atom. The molecule has 232 valence electrons. The maximum Gasteiger partial charge on any atom is 0.371 e. The summed E-state index contributed by atoms with van der Waals surface area (Å²) in [6.07, 6.45) is 15.3. The predicted octanol–water partition coefficient (Wildman–Crippen LogP) is 6.50. The second-order valence-electron chi connectivity index (χ2n) is 11.1. The monoisotopic (exact) mass is 604 g/mol. The molecule has 2 heterocycles. The predicted molar refractivity (Wildman–Crippen MR) is 159 cm³/mol. The maximum atomic E-state index is 13.1. The highest BCUT2D eigenvalue weighted by molar-refractivity contribution is 6.30. The first-order chi connectivity index (χ1) is 20.5. The third kappa shape index (κ3) is 9.95. The lowest BCUT2D eigenvalue weighted by Crippen LogP contribution is -2.50. The molecule has 4 rings (SSSR count). The summed E-state index contributed by atoms with van der Waals surface area (Å²) in [5, 5.41) is 11.3. The number of carbonyl (C=O) groups excluding carboxylic acids is 1. The summed E-state index contributed by atoms with van der Waals surface area (Å²) in [7, 11) is 1.31. The van der Waals surface area contributed by atoms with Crippen LogP contribution >= 0.6 is 11.6 Å². The van der Waals surface area contributed by atoms with E-state index in [-0.39, 0.29) is 12.0 Å². The van der Waals surface area contributed by atoms with Crippen LogP contribution in [0.25, 0.3) is 0 Å². The highest BCUT2D eigenvalue weighted by Crippen LogP contribution is 2.36. The molecule has 3 fully saturated rings. The smallest absolute Gasteiger partial charge is 0.371 e. The van der Waals surface area contributed by atoms with Gasteiger partial charge in [-0.3, -0.25) is 0 Å². The fourth-order valence-corrected chi connectivity index (χ4v) is 5.81. The van der Waals surface area contributed by atoms with Gasteiger partial charge < -0.3 is 33.5 Å². The Balaban J connectivity index is 1.34. The van der Waals surface area contributed by atoms with Crippen molar-refractivity contribution < 1.29 is 38.3 Å². The molecule has 0 bridgehead atoms. The first-order valence-electron chi connectivity index (χ1n) is 15.3. The maximum absolute atomic E-state index is 13.1. The Bertz CT molecular complexity index is 1020. The Morgan fingerprint density at radius 3 is 2.33 bits per heavy atom. The van der Waals surface area contributed by atoms with Crippen LogP contribution in [0.3, 0.4) is 0 Å². The summed E-state index contributed by atoms with van der Waals surface area (Å²) in [6, 6.07) is 7.34. The molecule has 0 aromatic heterocycles. The van der Waals surface area contributed by atoms with Crippen molar-refractivity contribution in [2.24, 2.45) is 11.8 Å². The number of hydrogen-bond donors (Lipinski definition) is 1. The van der Waals surface area contributed by atoms with E-state index in [0.717, 1.165) is 57.1 Å². The van der Waals surface area contributed by atoms with Crippen molar-refractivity contribution in [3.8, 4) is 5.75 Å². The van der Waals surface area contributed by atoms with Gasteiger partial charge in [0.15, 0.2) is 12.6 Å². The number of carbonyl (C=O) groups is 1. The molecule has 3 aliphatic rings. The average Bonchev–Trinajstić information content (AvgIpc) is 3.36. The molecule has 0 amide bonds. The van der Waals surface area contributed by atoms with Crippen LogP contribution in [0.4, 0.5) is 0 Å². The number of halogens is 1. The first kappa shape index (κ1) is 32.7. The second kappa shape index (κ2) is 17.2. The summed E-state index contributed by atoms with van der Waals surface area (Å²) in [5.74, 6) is -1.24.